The maximum Gasteiger partial charge on any atom is 0.447 e. The Kier molecular flexibility index (Phi) is 3.82. The van der Waals surface area contributed by atoms with Crippen LogP contribution in [0.15, 0.2) is 33.9 Å². The normalized spacial score (nSPS) is 11.8. The van der Waals surface area contributed by atoms with Gasteiger partial charge in [-0.1, -0.05) is 0 Å². The van der Waals surface area contributed by atoms with Crippen LogP contribution in [0.4, 0.5) is 13.2 Å². The number of hydrogen-bond donors (Lipinski definition) is 0. The Morgan fingerprint density at radius 2 is 2.16 bits per heavy atom. The lowest BCUT2D eigenvalue weighted by atomic mass is 10.3. The summed E-state index contributed by atoms with van der Waals surface area (Å²) >= 11 is 2.89. The van der Waals surface area contributed by atoms with Gasteiger partial charge in [-0.05, 0) is 34.1 Å². The molecule has 0 amide bonds. The van der Waals surface area contributed by atoms with E-state index in [9.17, 15) is 18.0 Å². The van der Waals surface area contributed by atoms with Crippen LogP contribution in [0.1, 0.15) is 10.4 Å². The van der Waals surface area contributed by atoms with Crippen LogP contribution in [-0.2, 0) is 4.74 Å². The summed E-state index contributed by atoms with van der Waals surface area (Å²) in [6.45, 7) is 0. The minimum atomic E-state index is -4.49. The number of methoxy groups -OCH3 is 1. The van der Waals surface area contributed by atoms with Crippen molar-refractivity contribution in [2.45, 2.75) is 10.5 Å². The maximum atomic E-state index is 12.6. The fraction of sp³-hybridized carbons (Fsp3) is 0.182. The van der Waals surface area contributed by atoms with Crippen LogP contribution in [0.3, 0.4) is 0 Å². The third kappa shape index (κ3) is 2.89. The highest BCUT2D eigenvalue weighted by atomic mass is 79.9. The zero-order chi connectivity index (χ0) is 14.2. The van der Waals surface area contributed by atoms with Crippen molar-refractivity contribution < 1.29 is 22.7 Å². The Morgan fingerprint density at radius 1 is 1.47 bits per heavy atom. The molecule has 3 nitrogen and oxygen atoms in total. The van der Waals surface area contributed by atoms with Gasteiger partial charge in [0.1, 0.15) is 5.03 Å². The van der Waals surface area contributed by atoms with Crippen molar-refractivity contribution in [3.8, 4) is 0 Å². The first-order chi connectivity index (χ1) is 8.83. The Balaban J connectivity index is 2.69. The van der Waals surface area contributed by atoms with Gasteiger partial charge in [-0.15, -0.1) is 0 Å². The van der Waals surface area contributed by atoms with Gasteiger partial charge in [0.25, 0.3) is 0 Å². The molecule has 0 fully saturated rings. The number of carbonyl (C=O) groups excluding carboxylic acids is 1. The molecule has 0 radical (unpaired) electrons. The van der Waals surface area contributed by atoms with Gasteiger partial charge in [-0.2, -0.15) is 13.2 Å². The lowest BCUT2D eigenvalue weighted by molar-refractivity contribution is -0.0329. The summed E-state index contributed by atoms with van der Waals surface area (Å²) in [5.74, 6) is -0.803. The van der Waals surface area contributed by atoms with E-state index in [-0.39, 0.29) is 22.4 Å². The fourth-order valence-electron chi connectivity index (χ4n) is 1.61. The molecule has 0 bridgehead atoms. The van der Waals surface area contributed by atoms with Gasteiger partial charge in [-0.25, -0.2) is 4.79 Å². The van der Waals surface area contributed by atoms with Crippen molar-refractivity contribution in [3.05, 3.63) is 34.4 Å². The molecular weight excluding hydrogens is 347 g/mol. The maximum absolute atomic E-state index is 12.6. The smallest absolute Gasteiger partial charge is 0.447 e. The van der Waals surface area contributed by atoms with Gasteiger partial charge in [0, 0.05) is 22.4 Å². The minimum absolute atomic E-state index is 0.114. The summed E-state index contributed by atoms with van der Waals surface area (Å²) in [4.78, 5) is 11.6. The van der Waals surface area contributed by atoms with Crippen molar-refractivity contribution in [1.29, 1.82) is 0 Å². The second-order valence-electron chi connectivity index (χ2n) is 3.51. The first kappa shape index (κ1) is 14.3. The monoisotopic (exact) mass is 353 g/mol. The second kappa shape index (κ2) is 5.09. The molecule has 2 rings (SSSR count). The van der Waals surface area contributed by atoms with Crippen LogP contribution in [0, 0.1) is 0 Å². The van der Waals surface area contributed by atoms with Crippen molar-refractivity contribution in [3.63, 3.8) is 0 Å². The molecule has 0 aliphatic rings. The zero-order valence-corrected chi connectivity index (χ0v) is 11.9. The molecule has 0 aliphatic heterocycles. The van der Waals surface area contributed by atoms with E-state index in [0.717, 1.165) is 7.11 Å². The Morgan fingerprint density at radius 3 is 2.74 bits per heavy atom. The number of ether oxygens (including phenoxy) is 1. The molecule has 0 saturated heterocycles. The number of esters is 1. The third-order valence-electron chi connectivity index (χ3n) is 2.33. The number of alkyl halides is 3. The average Bonchev–Trinajstić information content (AvgIpc) is 2.67. The number of carbonyl (C=O) groups is 1. The van der Waals surface area contributed by atoms with E-state index in [1.807, 2.05) is 0 Å². The molecule has 0 unspecified atom stereocenters. The van der Waals surface area contributed by atoms with E-state index in [1.165, 1.54) is 16.7 Å². The first-order valence-corrected chi connectivity index (χ1v) is 6.58. The molecule has 0 N–H and O–H groups in total. The van der Waals surface area contributed by atoms with E-state index in [4.69, 9.17) is 0 Å². The molecule has 0 aliphatic carbocycles. The summed E-state index contributed by atoms with van der Waals surface area (Å²) in [7, 11) is 1.13. The van der Waals surface area contributed by atoms with Crippen LogP contribution in [0.2, 0.25) is 0 Å². The number of pyridine rings is 1. The van der Waals surface area contributed by atoms with E-state index in [1.54, 1.807) is 12.1 Å². The van der Waals surface area contributed by atoms with Crippen molar-refractivity contribution >= 4 is 39.2 Å². The van der Waals surface area contributed by atoms with Crippen molar-refractivity contribution in [2.75, 3.05) is 7.11 Å². The Bertz CT molecular complexity index is 639. The summed E-state index contributed by atoms with van der Waals surface area (Å²) in [6, 6.07) is 4.63. The number of aromatic nitrogens is 1. The Hall–Kier alpha value is -1.15. The number of hydrogen-bond acceptors (Lipinski definition) is 3. The van der Waals surface area contributed by atoms with E-state index < -0.39 is 11.5 Å². The van der Waals surface area contributed by atoms with Crippen LogP contribution in [0.5, 0.6) is 0 Å². The molecular formula is C11H7BrF3NO2S. The summed E-state index contributed by atoms with van der Waals surface area (Å²) in [6.07, 6.45) is 1.46. The summed E-state index contributed by atoms with van der Waals surface area (Å²) < 4.78 is 44.1. The molecule has 19 heavy (non-hydrogen) atoms. The number of thioether (sulfide) groups is 1. The highest BCUT2D eigenvalue weighted by Crippen LogP contribution is 2.40. The van der Waals surface area contributed by atoms with Crippen LogP contribution >= 0.6 is 27.7 Å². The van der Waals surface area contributed by atoms with Gasteiger partial charge in [0.2, 0.25) is 0 Å². The highest BCUT2D eigenvalue weighted by molar-refractivity contribution is 9.10. The predicted molar refractivity (Wildman–Crippen MR) is 68.3 cm³/mol. The fourth-order valence-corrected chi connectivity index (χ4v) is 2.80. The van der Waals surface area contributed by atoms with E-state index in [2.05, 4.69) is 20.7 Å². The van der Waals surface area contributed by atoms with Gasteiger partial charge >= 0.3 is 11.5 Å². The second-order valence-corrected chi connectivity index (χ2v) is 5.42. The third-order valence-corrected chi connectivity index (χ3v) is 3.84. The molecule has 2 aromatic heterocycles. The first-order valence-electron chi connectivity index (χ1n) is 4.97. The average molecular weight is 354 g/mol. The molecule has 2 heterocycles. The van der Waals surface area contributed by atoms with Crippen LogP contribution in [0.25, 0.3) is 5.52 Å². The molecule has 2 aromatic rings. The van der Waals surface area contributed by atoms with Crippen LogP contribution < -0.4 is 0 Å². The molecule has 8 heteroatoms. The van der Waals surface area contributed by atoms with Gasteiger partial charge < -0.3 is 9.14 Å². The van der Waals surface area contributed by atoms with Gasteiger partial charge in [0.15, 0.2) is 0 Å². The lowest BCUT2D eigenvalue weighted by Crippen LogP contribution is -2.06. The SMILES string of the molecule is COC(=O)c1cc2c(Br)cccn2c1SC(F)(F)F. The Labute approximate surface area is 118 Å². The number of halogens is 4. The lowest BCUT2D eigenvalue weighted by Gasteiger charge is -2.08. The topological polar surface area (TPSA) is 30.7 Å². The zero-order valence-electron chi connectivity index (χ0n) is 9.49. The number of rotatable bonds is 2. The molecule has 0 atom stereocenters. The molecule has 0 spiro atoms. The summed E-state index contributed by atoms with van der Waals surface area (Å²) in [5, 5.41) is -0.212. The van der Waals surface area contributed by atoms with E-state index >= 15 is 0 Å². The quantitative estimate of drug-likeness (QED) is 0.601. The van der Waals surface area contributed by atoms with E-state index in [0.29, 0.717) is 9.99 Å². The van der Waals surface area contributed by atoms with Gasteiger partial charge in [-0.3, -0.25) is 0 Å². The predicted octanol–water partition coefficient (Wildman–Crippen LogP) is 4.10. The molecule has 102 valence electrons. The molecule has 0 aromatic carbocycles. The molecule has 0 saturated carbocycles. The van der Waals surface area contributed by atoms with Crippen LogP contribution in [-0.4, -0.2) is 23.0 Å². The summed E-state index contributed by atoms with van der Waals surface area (Å²) in [5.41, 5.74) is -4.13. The highest BCUT2D eigenvalue weighted by Gasteiger charge is 2.34. The van der Waals surface area contributed by atoms with Crippen molar-refractivity contribution in [1.82, 2.24) is 4.40 Å². The number of nitrogens with zero attached hydrogens (tertiary/aromatic N) is 1. The minimum Gasteiger partial charge on any atom is -0.465 e. The van der Waals surface area contributed by atoms with Gasteiger partial charge in [0.05, 0.1) is 18.2 Å². The number of fused-ring (bicyclic) bond motifs is 1. The largest absolute Gasteiger partial charge is 0.465 e. The van der Waals surface area contributed by atoms with Crippen molar-refractivity contribution in [2.24, 2.45) is 0 Å². The standard InChI is InChI=1S/C11H7BrF3NO2S/c1-18-10(17)6-5-8-7(12)3-2-4-16(8)9(6)19-11(13,14)15/h2-5H,1H3.